The summed E-state index contributed by atoms with van der Waals surface area (Å²) in [6.07, 6.45) is 61.0. The second-order valence-electron chi connectivity index (χ2n) is 16.5. The Hall–Kier alpha value is -0.530. The molecule has 0 fully saturated rings. The third kappa shape index (κ3) is 45.5. The largest absolute Gasteiger partial charge is 0.466 e. The highest BCUT2D eigenvalue weighted by Crippen LogP contribution is 2.17. The first-order chi connectivity index (χ1) is 24.8. The predicted octanol–water partition coefficient (Wildman–Crippen LogP) is 17.7. The molecule has 0 rings (SSSR count). The van der Waals surface area contributed by atoms with Gasteiger partial charge in [0.05, 0.1) is 6.61 Å². The van der Waals surface area contributed by atoms with Gasteiger partial charge in [0.25, 0.3) is 0 Å². The first kappa shape index (κ1) is 49.5. The second-order valence-corrected chi connectivity index (χ2v) is 16.5. The summed E-state index contributed by atoms with van der Waals surface area (Å²) in [6, 6.07) is 0. The van der Waals surface area contributed by atoms with Crippen LogP contribution in [0.3, 0.4) is 0 Å². The van der Waals surface area contributed by atoms with E-state index in [0.29, 0.717) is 13.0 Å². The number of hydrogen-bond donors (Lipinski definition) is 0. The fourth-order valence-electron chi connectivity index (χ4n) is 7.67. The summed E-state index contributed by atoms with van der Waals surface area (Å²) in [5, 5.41) is 0. The van der Waals surface area contributed by atoms with Crippen LogP contribution in [0.5, 0.6) is 0 Å². The zero-order valence-corrected chi connectivity index (χ0v) is 35.1. The summed E-state index contributed by atoms with van der Waals surface area (Å²) in [7, 11) is 0. The number of rotatable bonds is 45. The van der Waals surface area contributed by atoms with Crippen LogP contribution < -0.4 is 0 Å². The number of carbonyl (C=O) groups is 1. The maximum Gasteiger partial charge on any atom is 0.305 e. The average molecular weight is 705 g/mol. The van der Waals surface area contributed by atoms with Crippen molar-refractivity contribution in [1.29, 1.82) is 0 Å². The summed E-state index contributed by atoms with van der Waals surface area (Å²) in [5.74, 6) is 0.0293. The zero-order valence-electron chi connectivity index (χ0n) is 35.1. The van der Waals surface area contributed by atoms with Gasteiger partial charge in [-0.15, -0.1) is 0 Å². The number of esters is 1. The monoisotopic (exact) mass is 705 g/mol. The molecule has 0 aromatic carbocycles. The molecule has 2 nitrogen and oxygen atoms in total. The van der Waals surface area contributed by atoms with Gasteiger partial charge in [-0.2, -0.15) is 0 Å². The number of ether oxygens (including phenoxy) is 1. The molecule has 300 valence electrons. The van der Waals surface area contributed by atoms with E-state index in [1.807, 2.05) is 0 Å². The van der Waals surface area contributed by atoms with E-state index in [-0.39, 0.29) is 5.97 Å². The molecular formula is C48H96O2. The normalized spacial score (nSPS) is 11.5. The van der Waals surface area contributed by atoms with E-state index in [9.17, 15) is 4.79 Å². The molecule has 0 spiro atoms. The zero-order chi connectivity index (χ0) is 36.1. The third-order valence-corrected chi connectivity index (χ3v) is 11.2. The van der Waals surface area contributed by atoms with Crippen molar-refractivity contribution in [2.45, 2.75) is 296 Å². The number of carbonyl (C=O) groups excluding carboxylic acids is 1. The van der Waals surface area contributed by atoms with Crippen LogP contribution >= 0.6 is 0 Å². The van der Waals surface area contributed by atoms with Gasteiger partial charge in [-0.3, -0.25) is 4.79 Å². The minimum Gasteiger partial charge on any atom is -0.466 e. The standard InChI is InChI=1S/C48H96O2/c1-3-5-7-9-11-13-15-16-17-18-19-20-21-22-23-24-25-26-27-28-29-30-31-32-33-34-35-37-39-41-43-45-47-50-48(49)46-44-42-40-38-36-14-12-10-8-6-4-2/h3-47H2,1-2H3. The van der Waals surface area contributed by atoms with Gasteiger partial charge in [0.1, 0.15) is 0 Å². The van der Waals surface area contributed by atoms with Gasteiger partial charge < -0.3 is 4.74 Å². The molecule has 0 aromatic heterocycles. The summed E-state index contributed by atoms with van der Waals surface area (Å²) in [6.45, 7) is 5.22. The Labute approximate surface area is 317 Å². The first-order valence-electron chi connectivity index (χ1n) is 24.0. The van der Waals surface area contributed by atoms with E-state index < -0.39 is 0 Å². The SMILES string of the molecule is CCCCCCCCCCCCCCCCCCCCCCCCCCCCCCCCCCOC(=O)CCCCCCCCCCCCC. The van der Waals surface area contributed by atoms with Crippen LogP contribution in [0.25, 0.3) is 0 Å². The average Bonchev–Trinajstić information content (AvgIpc) is 3.12. The van der Waals surface area contributed by atoms with Gasteiger partial charge in [-0.1, -0.05) is 277 Å². The van der Waals surface area contributed by atoms with Crippen LogP contribution in [-0.4, -0.2) is 12.6 Å². The Morgan fingerprint density at radius 2 is 0.440 bits per heavy atom. The summed E-state index contributed by atoms with van der Waals surface area (Å²) >= 11 is 0. The van der Waals surface area contributed by atoms with Crippen molar-refractivity contribution in [2.24, 2.45) is 0 Å². The van der Waals surface area contributed by atoms with Crippen LogP contribution in [0, 0.1) is 0 Å². The lowest BCUT2D eigenvalue weighted by Crippen LogP contribution is -2.05. The molecule has 0 bridgehead atoms. The maximum absolute atomic E-state index is 12.0. The molecule has 0 aliphatic rings. The van der Waals surface area contributed by atoms with Crippen LogP contribution in [0.2, 0.25) is 0 Å². The van der Waals surface area contributed by atoms with Crippen molar-refractivity contribution in [3.8, 4) is 0 Å². The van der Waals surface area contributed by atoms with Crippen LogP contribution in [-0.2, 0) is 9.53 Å². The van der Waals surface area contributed by atoms with Crippen LogP contribution in [0.15, 0.2) is 0 Å². The fourth-order valence-corrected chi connectivity index (χ4v) is 7.67. The molecule has 0 saturated carbocycles. The van der Waals surface area contributed by atoms with Gasteiger partial charge in [0, 0.05) is 6.42 Å². The van der Waals surface area contributed by atoms with E-state index in [0.717, 1.165) is 12.8 Å². The van der Waals surface area contributed by atoms with E-state index in [4.69, 9.17) is 4.74 Å². The van der Waals surface area contributed by atoms with Crippen molar-refractivity contribution in [3.05, 3.63) is 0 Å². The molecule has 0 aliphatic heterocycles. The minimum absolute atomic E-state index is 0.0293. The van der Waals surface area contributed by atoms with E-state index in [1.165, 1.54) is 263 Å². The quantitative estimate of drug-likeness (QED) is 0.0466. The summed E-state index contributed by atoms with van der Waals surface area (Å²) in [4.78, 5) is 12.0. The lowest BCUT2D eigenvalue weighted by Gasteiger charge is -2.06. The number of unbranched alkanes of at least 4 members (excludes halogenated alkanes) is 41. The maximum atomic E-state index is 12.0. The highest BCUT2D eigenvalue weighted by molar-refractivity contribution is 5.69. The highest BCUT2D eigenvalue weighted by atomic mass is 16.5. The smallest absolute Gasteiger partial charge is 0.305 e. The minimum atomic E-state index is 0.0293. The van der Waals surface area contributed by atoms with Crippen LogP contribution in [0.1, 0.15) is 296 Å². The Morgan fingerprint density at radius 1 is 0.260 bits per heavy atom. The molecule has 0 heterocycles. The van der Waals surface area contributed by atoms with Crippen LogP contribution in [0.4, 0.5) is 0 Å². The first-order valence-corrected chi connectivity index (χ1v) is 24.0. The van der Waals surface area contributed by atoms with Crippen molar-refractivity contribution >= 4 is 5.97 Å². The van der Waals surface area contributed by atoms with Crippen molar-refractivity contribution < 1.29 is 9.53 Å². The number of hydrogen-bond acceptors (Lipinski definition) is 2. The molecule has 0 aromatic rings. The fraction of sp³-hybridized carbons (Fsp3) is 0.979. The van der Waals surface area contributed by atoms with Gasteiger partial charge in [0.15, 0.2) is 0 Å². The molecule has 0 aliphatic carbocycles. The van der Waals surface area contributed by atoms with E-state index in [2.05, 4.69) is 13.8 Å². The molecule has 2 heteroatoms. The molecule has 0 radical (unpaired) electrons. The molecular weight excluding hydrogens is 609 g/mol. The third-order valence-electron chi connectivity index (χ3n) is 11.2. The summed E-state index contributed by atoms with van der Waals surface area (Å²) in [5.41, 5.74) is 0. The van der Waals surface area contributed by atoms with Gasteiger partial charge in [-0.05, 0) is 12.8 Å². The van der Waals surface area contributed by atoms with Gasteiger partial charge in [-0.25, -0.2) is 0 Å². The summed E-state index contributed by atoms with van der Waals surface area (Å²) < 4.78 is 5.46. The molecule has 0 unspecified atom stereocenters. The van der Waals surface area contributed by atoms with E-state index >= 15 is 0 Å². The van der Waals surface area contributed by atoms with Crippen molar-refractivity contribution in [2.75, 3.05) is 6.61 Å². The molecule has 0 saturated heterocycles. The Morgan fingerprint density at radius 3 is 0.660 bits per heavy atom. The Balaban J connectivity index is 3.11. The van der Waals surface area contributed by atoms with Gasteiger partial charge >= 0.3 is 5.97 Å². The highest BCUT2D eigenvalue weighted by Gasteiger charge is 2.03. The lowest BCUT2D eigenvalue weighted by molar-refractivity contribution is -0.143. The van der Waals surface area contributed by atoms with Crippen molar-refractivity contribution in [3.63, 3.8) is 0 Å². The molecule has 50 heavy (non-hydrogen) atoms. The molecule has 0 amide bonds. The Kier molecular flexibility index (Phi) is 46.0. The predicted molar refractivity (Wildman–Crippen MR) is 225 cm³/mol. The van der Waals surface area contributed by atoms with Gasteiger partial charge in [0.2, 0.25) is 0 Å². The lowest BCUT2D eigenvalue weighted by atomic mass is 10.0. The Bertz CT molecular complexity index is 601. The second kappa shape index (κ2) is 46.5. The topological polar surface area (TPSA) is 26.3 Å². The van der Waals surface area contributed by atoms with Crippen molar-refractivity contribution in [1.82, 2.24) is 0 Å². The molecule has 0 atom stereocenters. The van der Waals surface area contributed by atoms with E-state index in [1.54, 1.807) is 0 Å². The molecule has 0 N–H and O–H groups in total.